The normalized spacial score (nSPS) is 23.2. The van der Waals surface area contributed by atoms with Crippen LogP contribution in [0.15, 0.2) is 12.1 Å². The van der Waals surface area contributed by atoms with Crippen LogP contribution >= 0.6 is 0 Å². The Morgan fingerprint density at radius 1 is 1.39 bits per heavy atom. The number of anilines is 1. The van der Waals surface area contributed by atoms with Gasteiger partial charge in [-0.15, -0.1) is 0 Å². The minimum absolute atomic E-state index is 0. The Morgan fingerprint density at radius 3 is 2.57 bits per heavy atom. The molecule has 2 N–H and O–H groups in total. The van der Waals surface area contributed by atoms with Crippen molar-refractivity contribution in [3.63, 3.8) is 0 Å². The molecule has 0 spiro atoms. The molecule has 0 amide bonds. The number of nitrogens with one attached hydrogen (secondary N) is 1. The van der Waals surface area contributed by atoms with Gasteiger partial charge in [-0.2, -0.15) is 13.1 Å². The van der Waals surface area contributed by atoms with E-state index in [-0.39, 0.29) is 57.9 Å². The van der Waals surface area contributed by atoms with Gasteiger partial charge in [-0.1, -0.05) is 19.3 Å². The second-order valence-electron chi connectivity index (χ2n) is 5.84. The van der Waals surface area contributed by atoms with Crippen molar-refractivity contribution in [1.82, 2.24) is 4.72 Å². The Kier molecular flexibility index (Phi) is 6.26. The van der Waals surface area contributed by atoms with E-state index in [0.717, 1.165) is 12.8 Å². The van der Waals surface area contributed by atoms with Crippen molar-refractivity contribution in [3.8, 4) is 5.75 Å². The SMILES string of the molecule is O=CC1CN(c2c(O)cc(CC3CCC3)cc2F)S(=O)(=O)N1.[KH]. The Hall–Kier alpha value is -0.0336. The number of halogens is 1. The van der Waals surface area contributed by atoms with Gasteiger partial charge in [-0.3, -0.25) is 0 Å². The fourth-order valence-electron chi connectivity index (χ4n) is 2.89. The number of phenolic OH excluding ortho intramolecular Hbond substituents is 1. The maximum atomic E-state index is 14.3. The first kappa shape index (κ1) is 19.3. The summed E-state index contributed by atoms with van der Waals surface area (Å²) in [5.41, 5.74) is 0.245. The first-order chi connectivity index (χ1) is 10.4. The van der Waals surface area contributed by atoms with Crippen LogP contribution in [0.2, 0.25) is 0 Å². The summed E-state index contributed by atoms with van der Waals surface area (Å²) in [4.78, 5) is 10.7. The van der Waals surface area contributed by atoms with Crippen molar-refractivity contribution in [1.29, 1.82) is 0 Å². The van der Waals surface area contributed by atoms with Crippen LogP contribution in [0.4, 0.5) is 10.1 Å². The number of phenols is 1. The molecular weight excluding hydrogens is 350 g/mol. The second-order valence-corrected chi connectivity index (χ2v) is 7.47. The molecular formula is C14H18FKN2O4S. The number of hydrogen-bond acceptors (Lipinski definition) is 4. The Bertz CT molecular complexity index is 686. The molecule has 2 aliphatic rings. The van der Waals surface area contributed by atoms with E-state index in [1.165, 1.54) is 18.6 Å². The number of aromatic hydroxyl groups is 1. The van der Waals surface area contributed by atoms with Crippen LogP contribution in [0.1, 0.15) is 24.8 Å². The molecule has 0 aromatic heterocycles. The van der Waals surface area contributed by atoms with E-state index in [0.29, 0.717) is 28.5 Å². The number of aldehydes is 1. The van der Waals surface area contributed by atoms with E-state index in [2.05, 4.69) is 4.72 Å². The average molecular weight is 368 g/mol. The van der Waals surface area contributed by atoms with Crippen LogP contribution in [0.3, 0.4) is 0 Å². The summed E-state index contributed by atoms with van der Waals surface area (Å²) >= 11 is 0. The van der Waals surface area contributed by atoms with Crippen LogP contribution in [0, 0.1) is 11.7 Å². The number of carbonyl (C=O) groups excluding carboxylic acids is 1. The second kappa shape index (κ2) is 7.46. The van der Waals surface area contributed by atoms with Gasteiger partial charge < -0.3 is 9.90 Å². The molecule has 0 radical (unpaired) electrons. The fraction of sp³-hybridized carbons (Fsp3) is 0.500. The third kappa shape index (κ3) is 3.97. The van der Waals surface area contributed by atoms with E-state index in [1.807, 2.05) is 0 Å². The first-order valence-corrected chi connectivity index (χ1v) is 8.61. The van der Waals surface area contributed by atoms with Gasteiger partial charge in [-0.05, 0) is 30.0 Å². The van der Waals surface area contributed by atoms with E-state index < -0.39 is 33.5 Å². The maximum absolute atomic E-state index is 14.3. The zero-order valence-corrected chi connectivity index (χ0v) is 12.6. The Morgan fingerprint density at radius 2 is 2.09 bits per heavy atom. The zero-order chi connectivity index (χ0) is 15.9. The van der Waals surface area contributed by atoms with Crippen LogP contribution in [-0.4, -0.2) is 83.8 Å². The number of nitrogens with zero attached hydrogens (tertiary/aromatic N) is 1. The molecule has 1 unspecified atom stereocenters. The molecule has 1 aromatic carbocycles. The van der Waals surface area contributed by atoms with Gasteiger partial charge in [0.1, 0.15) is 17.7 Å². The van der Waals surface area contributed by atoms with Crippen molar-refractivity contribution in [2.75, 3.05) is 10.8 Å². The number of benzene rings is 1. The fourth-order valence-corrected chi connectivity index (χ4v) is 4.30. The third-order valence-electron chi connectivity index (χ3n) is 4.22. The molecule has 3 rings (SSSR count). The van der Waals surface area contributed by atoms with Crippen molar-refractivity contribution in [2.45, 2.75) is 31.7 Å². The summed E-state index contributed by atoms with van der Waals surface area (Å²) < 4.78 is 41.0. The van der Waals surface area contributed by atoms with Crippen molar-refractivity contribution < 1.29 is 22.7 Å². The van der Waals surface area contributed by atoms with E-state index in [9.17, 15) is 22.7 Å². The van der Waals surface area contributed by atoms with Gasteiger partial charge in [0, 0.05) is 0 Å². The predicted molar refractivity (Wildman–Crippen MR) is 85.5 cm³/mol. The summed E-state index contributed by atoms with van der Waals surface area (Å²) in [6, 6.07) is 1.72. The third-order valence-corrected chi connectivity index (χ3v) is 5.73. The van der Waals surface area contributed by atoms with Gasteiger partial charge >= 0.3 is 61.6 Å². The van der Waals surface area contributed by atoms with Crippen molar-refractivity contribution >= 4 is 73.6 Å². The van der Waals surface area contributed by atoms with E-state index >= 15 is 0 Å². The van der Waals surface area contributed by atoms with Gasteiger partial charge in [0.25, 0.3) is 0 Å². The summed E-state index contributed by atoms with van der Waals surface area (Å²) in [5, 5.41) is 10.1. The molecule has 6 nitrogen and oxygen atoms in total. The molecule has 1 aliphatic heterocycles. The van der Waals surface area contributed by atoms with Crippen LogP contribution in [0.25, 0.3) is 0 Å². The van der Waals surface area contributed by atoms with E-state index in [1.54, 1.807) is 0 Å². The number of rotatable bonds is 4. The minimum atomic E-state index is -4.02. The molecule has 23 heavy (non-hydrogen) atoms. The number of hydrogen-bond donors (Lipinski definition) is 2. The summed E-state index contributed by atoms with van der Waals surface area (Å²) in [6.07, 6.45) is 4.47. The molecule has 1 saturated carbocycles. The quantitative estimate of drug-likeness (QED) is 0.597. The molecule has 1 aromatic rings. The van der Waals surface area contributed by atoms with E-state index in [4.69, 9.17) is 0 Å². The topological polar surface area (TPSA) is 86.7 Å². The molecule has 0 bridgehead atoms. The van der Waals surface area contributed by atoms with Crippen molar-refractivity contribution in [3.05, 3.63) is 23.5 Å². The standard InChI is InChI=1S/C14H17FN2O4S.K.H/c15-12-5-10(4-9-2-1-3-9)6-13(19)14(12)17-7-11(8-18)16-22(17,20)21;;/h5-6,8-9,11,16,19H,1-4,7H2;;. The van der Waals surface area contributed by atoms with Crippen LogP contribution in [-0.2, 0) is 21.4 Å². The predicted octanol–water partition coefficient (Wildman–Crippen LogP) is 0.447. The average Bonchev–Trinajstić information content (AvgIpc) is 2.69. The summed E-state index contributed by atoms with van der Waals surface area (Å²) in [5.74, 6) is -0.723. The zero-order valence-electron chi connectivity index (χ0n) is 11.8. The number of carbonyl (C=O) groups is 1. The Labute approximate surface area is 177 Å². The molecule has 1 heterocycles. The van der Waals surface area contributed by atoms with Crippen molar-refractivity contribution in [2.24, 2.45) is 5.92 Å². The molecule has 1 aliphatic carbocycles. The monoisotopic (exact) mass is 368 g/mol. The van der Waals surface area contributed by atoms with Gasteiger partial charge in [0.2, 0.25) is 0 Å². The molecule has 9 heteroatoms. The van der Waals surface area contributed by atoms with Gasteiger partial charge in [0.15, 0.2) is 5.82 Å². The molecule has 1 saturated heterocycles. The van der Waals surface area contributed by atoms with Gasteiger partial charge in [0.05, 0.1) is 12.6 Å². The molecule has 122 valence electrons. The van der Waals surface area contributed by atoms with Crippen LogP contribution < -0.4 is 9.03 Å². The summed E-state index contributed by atoms with van der Waals surface area (Å²) in [6.45, 7) is -0.238. The Balaban J connectivity index is 0.00000192. The van der Waals surface area contributed by atoms with Gasteiger partial charge in [-0.25, -0.2) is 8.70 Å². The van der Waals surface area contributed by atoms with Crippen LogP contribution in [0.5, 0.6) is 5.75 Å². The summed E-state index contributed by atoms with van der Waals surface area (Å²) in [7, 11) is -4.02. The molecule has 1 atom stereocenters. The molecule has 2 fully saturated rings. The first-order valence-electron chi connectivity index (χ1n) is 7.17.